The first kappa shape index (κ1) is 20.5. The monoisotopic (exact) mass is 431 g/mol. The molecule has 154 valence electrons. The Morgan fingerprint density at radius 2 is 1.81 bits per heavy atom. The van der Waals surface area contributed by atoms with E-state index in [1.165, 1.54) is 18.3 Å². The summed E-state index contributed by atoms with van der Waals surface area (Å²) in [6.45, 7) is 3.91. The van der Waals surface area contributed by atoms with Gasteiger partial charge in [-0.2, -0.15) is 0 Å². The van der Waals surface area contributed by atoms with Gasteiger partial charge in [-0.05, 0) is 49.7 Å². The number of carboxylic acid groups (broad SMARTS) is 1. The fraction of sp³-hybridized carbons (Fsp3) is 0.0833. The first-order valence-corrected chi connectivity index (χ1v) is 9.89. The van der Waals surface area contributed by atoms with E-state index in [-0.39, 0.29) is 17.3 Å². The number of hydrogen-bond donors (Lipinski definition) is 2. The Morgan fingerprint density at radius 3 is 2.48 bits per heavy atom. The third-order valence-corrected chi connectivity index (χ3v) is 5.22. The third kappa shape index (κ3) is 4.11. The molecule has 0 saturated heterocycles. The van der Waals surface area contributed by atoms with Gasteiger partial charge in [-0.3, -0.25) is 4.79 Å². The molecule has 0 aliphatic carbocycles. The molecule has 0 fully saturated rings. The van der Waals surface area contributed by atoms with Crippen LogP contribution in [0.1, 0.15) is 31.8 Å². The van der Waals surface area contributed by atoms with Crippen molar-refractivity contribution in [2.24, 2.45) is 0 Å². The van der Waals surface area contributed by atoms with Crippen molar-refractivity contribution < 1.29 is 14.7 Å². The molecule has 0 atom stereocenters. The average molecular weight is 432 g/mol. The molecule has 0 spiro atoms. The van der Waals surface area contributed by atoms with E-state index in [1.807, 2.05) is 44.2 Å². The molecule has 2 heterocycles. The van der Waals surface area contributed by atoms with Gasteiger partial charge in [0.25, 0.3) is 5.91 Å². The fourth-order valence-electron chi connectivity index (χ4n) is 3.45. The molecule has 0 unspecified atom stereocenters. The molecular weight excluding hydrogens is 414 g/mol. The molecule has 4 aromatic rings. The smallest absolute Gasteiger partial charge is 0.337 e. The minimum absolute atomic E-state index is 0.0413. The summed E-state index contributed by atoms with van der Waals surface area (Å²) in [7, 11) is 0. The second kappa shape index (κ2) is 8.16. The number of amides is 1. The highest BCUT2D eigenvalue weighted by Gasteiger charge is 2.17. The minimum Gasteiger partial charge on any atom is -0.478 e. The van der Waals surface area contributed by atoms with Crippen molar-refractivity contribution in [3.05, 3.63) is 88.1 Å². The van der Waals surface area contributed by atoms with E-state index < -0.39 is 5.97 Å². The van der Waals surface area contributed by atoms with Crippen LogP contribution in [0.15, 0.2) is 60.8 Å². The Balaban J connectivity index is 1.84. The molecule has 1 amide bonds. The van der Waals surface area contributed by atoms with Crippen molar-refractivity contribution in [3.63, 3.8) is 0 Å². The van der Waals surface area contributed by atoms with E-state index in [0.717, 1.165) is 16.7 Å². The predicted molar refractivity (Wildman–Crippen MR) is 121 cm³/mol. The van der Waals surface area contributed by atoms with E-state index in [4.69, 9.17) is 21.7 Å². The fourth-order valence-corrected chi connectivity index (χ4v) is 3.69. The van der Waals surface area contributed by atoms with Crippen LogP contribution in [0.25, 0.3) is 22.2 Å². The van der Waals surface area contributed by atoms with Crippen LogP contribution in [0.3, 0.4) is 0 Å². The lowest BCUT2D eigenvalue weighted by molar-refractivity contribution is 0.0696. The maximum Gasteiger partial charge on any atom is 0.337 e. The quantitative estimate of drug-likeness (QED) is 0.444. The number of carboxylic acids is 1. The molecule has 4 rings (SSSR count). The van der Waals surface area contributed by atoms with Gasteiger partial charge in [0.1, 0.15) is 5.82 Å². The van der Waals surface area contributed by atoms with Crippen molar-refractivity contribution in [2.45, 2.75) is 13.8 Å². The van der Waals surface area contributed by atoms with Crippen LogP contribution in [-0.2, 0) is 0 Å². The summed E-state index contributed by atoms with van der Waals surface area (Å²) in [6, 6.07) is 15.8. The lowest BCUT2D eigenvalue weighted by Gasteiger charge is -2.13. The summed E-state index contributed by atoms with van der Waals surface area (Å²) in [5.41, 5.74) is 4.45. The van der Waals surface area contributed by atoms with Gasteiger partial charge in [0.15, 0.2) is 0 Å². The van der Waals surface area contributed by atoms with E-state index in [2.05, 4.69) is 10.3 Å². The molecule has 0 bridgehead atoms. The first-order chi connectivity index (χ1) is 14.8. The van der Waals surface area contributed by atoms with Crippen LogP contribution >= 0.6 is 11.6 Å². The van der Waals surface area contributed by atoms with E-state index in [9.17, 15) is 9.59 Å². The number of nitrogens with one attached hydrogen (secondary N) is 1. The number of aryl methyl sites for hydroxylation is 2. The Morgan fingerprint density at radius 1 is 1.03 bits per heavy atom. The number of rotatable bonds is 4. The molecule has 31 heavy (non-hydrogen) atoms. The molecule has 0 radical (unpaired) electrons. The van der Waals surface area contributed by atoms with E-state index in [1.54, 1.807) is 12.1 Å². The first-order valence-electron chi connectivity index (χ1n) is 9.51. The molecule has 7 heteroatoms. The molecule has 6 nitrogen and oxygen atoms in total. The summed E-state index contributed by atoms with van der Waals surface area (Å²) in [4.78, 5) is 33.0. The highest BCUT2D eigenvalue weighted by molar-refractivity contribution is 6.33. The van der Waals surface area contributed by atoms with Crippen LogP contribution in [0.2, 0.25) is 5.02 Å². The largest absolute Gasteiger partial charge is 0.478 e. The SMILES string of the molecule is Cc1cc(C)c2nc(-c3ccccc3Cl)cc(C(=O)Nc3ccc(C(=O)O)cn3)c2c1. The molecule has 0 aliphatic rings. The number of fused-ring (bicyclic) bond motifs is 1. The maximum atomic E-state index is 13.2. The zero-order valence-corrected chi connectivity index (χ0v) is 17.6. The highest BCUT2D eigenvalue weighted by Crippen LogP contribution is 2.31. The maximum absolute atomic E-state index is 13.2. The molecule has 2 aromatic heterocycles. The number of carbonyl (C=O) groups is 2. The molecule has 0 saturated carbocycles. The van der Waals surface area contributed by atoms with Crippen LogP contribution in [0.5, 0.6) is 0 Å². The van der Waals surface area contributed by atoms with Gasteiger partial charge >= 0.3 is 5.97 Å². The van der Waals surface area contributed by atoms with Gasteiger partial charge in [0.2, 0.25) is 0 Å². The highest BCUT2D eigenvalue weighted by atomic mass is 35.5. The van der Waals surface area contributed by atoms with Crippen molar-refractivity contribution in [2.75, 3.05) is 5.32 Å². The Labute approximate surface area is 183 Å². The summed E-state index contributed by atoms with van der Waals surface area (Å²) < 4.78 is 0. The molecule has 0 aliphatic heterocycles. The molecular formula is C24H18ClN3O3. The lowest BCUT2D eigenvalue weighted by atomic mass is 9.99. The number of anilines is 1. The van der Waals surface area contributed by atoms with Gasteiger partial charge in [0, 0.05) is 22.2 Å². The lowest BCUT2D eigenvalue weighted by Crippen LogP contribution is -2.14. The van der Waals surface area contributed by atoms with E-state index in [0.29, 0.717) is 27.2 Å². The zero-order chi connectivity index (χ0) is 22.1. The summed E-state index contributed by atoms with van der Waals surface area (Å²) in [6.07, 6.45) is 1.20. The standard InChI is InChI=1S/C24H18ClN3O3/c1-13-9-14(2)22-17(10-13)18(11-20(27-22)16-5-3-4-6-19(16)25)23(29)28-21-8-7-15(12-26-21)24(30)31/h3-12H,1-2H3,(H,30,31)(H,26,28,29). The zero-order valence-electron chi connectivity index (χ0n) is 16.8. The van der Waals surface area contributed by atoms with Crippen molar-refractivity contribution in [1.82, 2.24) is 9.97 Å². The minimum atomic E-state index is -1.08. The summed E-state index contributed by atoms with van der Waals surface area (Å²) in [5.74, 6) is -1.20. The van der Waals surface area contributed by atoms with Gasteiger partial charge in [-0.1, -0.05) is 41.4 Å². The second-order valence-electron chi connectivity index (χ2n) is 7.20. The van der Waals surface area contributed by atoms with Crippen molar-refractivity contribution in [1.29, 1.82) is 0 Å². The van der Waals surface area contributed by atoms with Crippen LogP contribution in [-0.4, -0.2) is 27.0 Å². The van der Waals surface area contributed by atoms with Crippen LogP contribution < -0.4 is 5.32 Å². The van der Waals surface area contributed by atoms with E-state index >= 15 is 0 Å². The van der Waals surface area contributed by atoms with Gasteiger partial charge in [-0.25, -0.2) is 14.8 Å². The Kier molecular flexibility index (Phi) is 5.40. The third-order valence-electron chi connectivity index (χ3n) is 4.89. The number of aromatic carboxylic acids is 1. The number of nitrogens with zero attached hydrogens (tertiary/aromatic N) is 2. The number of aromatic nitrogens is 2. The topological polar surface area (TPSA) is 92.2 Å². The number of halogens is 1. The van der Waals surface area contributed by atoms with Crippen LogP contribution in [0, 0.1) is 13.8 Å². The summed E-state index contributed by atoms with van der Waals surface area (Å²) in [5, 5.41) is 13.0. The predicted octanol–water partition coefficient (Wildman–Crippen LogP) is 5.52. The Bertz CT molecular complexity index is 1330. The molecule has 2 aromatic carbocycles. The number of hydrogen-bond acceptors (Lipinski definition) is 4. The number of benzene rings is 2. The van der Waals surface area contributed by atoms with Gasteiger partial charge in [0.05, 0.1) is 22.3 Å². The summed E-state index contributed by atoms with van der Waals surface area (Å²) >= 11 is 6.38. The van der Waals surface area contributed by atoms with Crippen molar-refractivity contribution in [3.8, 4) is 11.3 Å². The number of pyridine rings is 2. The average Bonchev–Trinajstić information content (AvgIpc) is 2.74. The van der Waals surface area contributed by atoms with Gasteiger partial charge < -0.3 is 10.4 Å². The second-order valence-corrected chi connectivity index (χ2v) is 7.61. The molecule has 2 N–H and O–H groups in total. The normalized spacial score (nSPS) is 10.8. The van der Waals surface area contributed by atoms with Gasteiger partial charge in [-0.15, -0.1) is 0 Å². The van der Waals surface area contributed by atoms with Crippen molar-refractivity contribution >= 4 is 40.2 Å². The Hall–Kier alpha value is -3.77. The van der Waals surface area contributed by atoms with Crippen LogP contribution in [0.4, 0.5) is 5.82 Å². The number of carbonyl (C=O) groups excluding carboxylic acids is 1.